The topological polar surface area (TPSA) is 128 Å². The molecule has 0 bridgehead atoms. The van der Waals surface area contributed by atoms with E-state index in [2.05, 4.69) is 25.1 Å². The first-order valence-electron chi connectivity index (χ1n) is 14.2. The number of esters is 1. The molecular weight excluding hydrogens is 583 g/mol. The first-order valence-corrected chi connectivity index (χ1v) is 15.0. The highest BCUT2D eigenvalue weighted by molar-refractivity contribution is 7.13. The van der Waals surface area contributed by atoms with Crippen molar-refractivity contribution in [3.8, 4) is 0 Å². The number of ether oxygens (including phenoxy) is 1. The number of nitrogens with one attached hydrogen (secondary N) is 2. The number of fused-ring (bicyclic) bond motifs is 3. The molecule has 0 fully saturated rings. The van der Waals surface area contributed by atoms with Crippen LogP contribution in [0.4, 0.5) is 4.39 Å². The summed E-state index contributed by atoms with van der Waals surface area (Å²) < 4.78 is 26.7. The molecule has 1 aliphatic rings. The van der Waals surface area contributed by atoms with Crippen molar-refractivity contribution >= 4 is 45.0 Å². The van der Waals surface area contributed by atoms with E-state index in [-0.39, 0.29) is 29.6 Å². The van der Waals surface area contributed by atoms with Gasteiger partial charge in [-0.2, -0.15) is 9.47 Å². The van der Waals surface area contributed by atoms with Gasteiger partial charge in [-0.05, 0) is 99.4 Å². The maximum atomic E-state index is 14.6. The molecule has 0 radical (unpaired) electrons. The third kappa shape index (κ3) is 5.52. The van der Waals surface area contributed by atoms with Gasteiger partial charge >= 0.3 is 5.97 Å². The van der Waals surface area contributed by atoms with E-state index in [4.69, 9.17) is 4.74 Å². The second-order valence-electron chi connectivity index (χ2n) is 11.9. The molecule has 10 nitrogen and oxygen atoms in total. The van der Waals surface area contributed by atoms with Gasteiger partial charge in [0.1, 0.15) is 17.0 Å². The van der Waals surface area contributed by atoms with Crippen LogP contribution >= 0.6 is 11.5 Å². The number of carbonyl (C=O) groups excluding carboxylic acids is 3. The Balaban J connectivity index is 1.23. The quantitative estimate of drug-likeness (QED) is 0.245. The Bertz CT molecular complexity index is 1980. The van der Waals surface area contributed by atoms with Crippen molar-refractivity contribution in [2.24, 2.45) is 0 Å². The average Bonchev–Trinajstić information content (AvgIpc) is 3.67. The van der Waals surface area contributed by atoms with Crippen LogP contribution in [0.2, 0.25) is 0 Å². The molecule has 3 heterocycles. The monoisotopic (exact) mass is 614 g/mol. The van der Waals surface area contributed by atoms with Gasteiger partial charge in [-0.25, -0.2) is 18.7 Å². The third-order valence-electron chi connectivity index (χ3n) is 7.68. The molecule has 6 rings (SSSR count). The van der Waals surface area contributed by atoms with Crippen molar-refractivity contribution < 1.29 is 23.5 Å². The zero-order valence-corrected chi connectivity index (χ0v) is 25.8. The van der Waals surface area contributed by atoms with Gasteiger partial charge in [0.2, 0.25) is 0 Å². The van der Waals surface area contributed by atoms with Gasteiger partial charge in [-0.1, -0.05) is 12.1 Å². The number of rotatable bonds is 6. The summed E-state index contributed by atoms with van der Waals surface area (Å²) >= 11 is 1.42. The van der Waals surface area contributed by atoms with Crippen LogP contribution in [0.15, 0.2) is 42.6 Å². The lowest BCUT2D eigenvalue weighted by Gasteiger charge is -2.21. The van der Waals surface area contributed by atoms with Crippen LogP contribution in [0, 0.1) is 19.7 Å². The van der Waals surface area contributed by atoms with E-state index in [1.54, 1.807) is 6.07 Å². The lowest BCUT2D eigenvalue weighted by Crippen LogP contribution is -2.31. The fourth-order valence-corrected chi connectivity index (χ4v) is 6.29. The second kappa shape index (κ2) is 11.1. The molecule has 0 unspecified atom stereocenters. The number of halogens is 1. The molecule has 2 aromatic carbocycles. The van der Waals surface area contributed by atoms with Gasteiger partial charge in [0, 0.05) is 18.0 Å². The fourth-order valence-electron chi connectivity index (χ4n) is 5.52. The number of amides is 2. The van der Waals surface area contributed by atoms with Gasteiger partial charge in [-0.15, -0.1) is 0 Å². The average molecular weight is 615 g/mol. The SMILES string of the molecule is Cc1c(C(=O)OC(C)(C)C)ccc2c1CC[C@@H]2NC(=O)c1cc(C(=O)NCc2ccc3snc(C)c3c2)nc2c(F)cnn12. The van der Waals surface area contributed by atoms with Gasteiger partial charge in [0.25, 0.3) is 11.8 Å². The molecule has 1 aliphatic carbocycles. The normalized spacial score (nSPS) is 14.5. The molecule has 5 aromatic rings. The zero-order valence-electron chi connectivity index (χ0n) is 24.9. The number of aromatic nitrogens is 4. The van der Waals surface area contributed by atoms with Gasteiger partial charge in [-0.3, -0.25) is 9.59 Å². The van der Waals surface area contributed by atoms with Crippen LogP contribution in [0.5, 0.6) is 0 Å². The highest BCUT2D eigenvalue weighted by atomic mass is 32.1. The van der Waals surface area contributed by atoms with Gasteiger partial charge in [0.05, 0.1) is 28.2 Å². The molecule has 0 spiro atoms. The minimum Gasteiger partial charge on any atom is -0.456 e. The maximum absolute atomic E-state index is 14.6. The number of nitrogens with zero attached hydrogens (tertiary/aromatic N) is 4. The maximum Gasteiger partial charge on any atom is 0.338 e. The Labute approximate surface area is 256 Å². The van der Waals surface area contributed by atoms with Crippen LogP contribution in [-0.4, -0.2) is 42.4 Å². The van der Waals surface area contributed by atoms with Crippen molar-refractivity contribution in [2.75, 3.05) is 0 Å². The molecule has 2 amide bonds. The van der Waals surface area contributed by atoms with E-state index >= 15 is 0 Å². The predicted octanol–water partition coefficient (Wildman–Crippen LogP) is 5.40. The molecule has 0 saturated heterocycles. The number of benzene rings is 2. The first-order chi connectivity index (χ1) is 20.9. The largest absolute Gasteiger partial charge is 0.456 e. The van der Waals surface area contributed by atoms with E-state index in [1.807, 2.05) is 58.9 Å². The smallest absolute Gasteiger partial charge is 0.338 e. The van der Waals surface area contributed by atoms with Crippen LogP contribution in [0.25, 0.3) is 15.7 Å². The van der Waals surface area contributed by atoms with Crippen LogP contribution in [0.1, 0.15) is 92.5 Å². The van der Waals surface area contributed by atoms with Crippen LogP contribution < -0.4 is 10.6 Å². The zero-order chi connectivity index (χ0) is 31.3. The predicted molar refractivity (Wildman–Crippen MR) is 163 cm³/mol. The molecule has 12 heteroatoms. The lowest BCUT2D eigenvalue weighted by molar-refractivity contribution is 0.00683. The van der Waals surface area contributed by atoms with E-state index in [0.717, 1.165) is 48.7 Å². The minimum absolute atomic E-state index is 0.0269. The Morgan fingerprint density at radius 2 is 1.91 bits per heavy atom. The van der Waals surface area contributed by atoms with Crippen molar-refractivity contribution in [3.63, 3.8) is 0 Å². The fraction of sp³-hybridized carbons (Fsp3) is 0.312. The molecule has 226 valence electrons. The standard InChI is InChI=1S/C32H31FN6O4S/c1-16-19-9-10-24(21(19)8-7-20(16)31(42)43-32(3,4)5)37-30(41)26-13-25(36-28-23(33)15-35-39(26)28)29(40)34-14-18-6-11-27-22(12-18)17(2)38-44-27/h6-8,11-13,15,24H,9-10,14H2,1-5H3,(H,34,40)(H,37,41)/t24-/m0/s1. The van der Waals surface area contributed by atoms with Crippen molar-refractivity contribution in [3.05, 3.63) is 93.3 Å². The van der Waals surface area contributed by atoms with E-state index in [1.165, 1.54) is 17.6 Å². The van der Waals surface area contributed by atoms with Crippen LogP contribution in [0.3, 0.4) is 0 Å². The summed E-state index contributed by atoms with van der Waals surface area (Å²) in [5.41, 5.74) is 3.99. The summed E-state index contributed by atoms with van der Waals surface area (Å²) in [7, 11) is 0. The van der Waals surface area contributed by atoms with E-state index < -0.39 is 29.2 Å². The number of hydrogen-bond acceptors (Lipinski definition) is 8. The third-order valence-corrected chi connectivity index (χ3v) is 8.60. The summed E-state index contributed by atoms with van der Waals surface area (Å²) in [6.07, 6.45) is 2.23. The molecule has 0 aliphatic heterocycles. The molecular formula is C32H31FN6O4S. The van der Waals surface area contributed by atoms with Crippen molar-refractivity contribution in [1.82, 2.24) is 29.6 Å². The van der Waals surface area contributed by atoms with Crippen molar-refractivity contribution in [1.29, 1.82) is 0 Å². The van der Waals surface area contributed by atoms with Crippen molar-refractivity contribution in [2.45, 2.75) is 65.6 Å². The molecule has 3 aromatic heterocycles. The lowest BCUT2D eigenvalue weighted by atomic mass is 9.97. The second-order valence-corrected chi connectivity index (χ2v) is 12.7. The summed E-state index contributed by atoms with van der Waals surface area (Å²) in [6, 6.07) is 10.3. The Morgan fingerprint density at radius 1 is 1.11 bits per heavy atom. The Morgan fingerprint density at radius 3 is 2.68 bits per heavy atom. The highest BCUT2D eigenvalue weighted by Crippen LogP contribution is 2.35. The van der Waals surface area contributed by atoms with E-state index in [0.29, 0.717) is 18.4 Å². The van der Waals surface area contributed by atoms with E-state index in [9.17, 15) is 18.8 Å². The summed E-state index contributed by atoms with van der Waals surface area (Å²) in [6.45, 7) is 9.48. The summed E-state index contributed by atoms with van der Waals surface area (Å²) in [4.78, 5) is 43.7. The molecule has 44 heavy (non-hydrogen) atoms. The Hall–Kier alpha value is -4.71. The highest BCUT2D eigenvalue weighted by Gasteiger charge is 2.30. The Kier molecular flexibility index (Phi) is 7.40. The van der Waals surface area contributed by atoms with Gasteiger partial charge in [0.15, 0.2) is 11.5 Å². The first kappa shape index (κ1) is 29.4. The van der Waals surface area contributed by atoms with Gasteiger partial charge < -0.3 is 15.4 Å². The summed E-state index contributed by atoms with van der Waals surface area (Å²) in [5.74, 6) is -2.24. The number of hydrogen-bond donors (Lipinski definition) is 2. The number of carbonyl (C=O) groups is 3. The number of aryl methyl sites for hydroxylation is 1. The minimum atomic E-state index is -0.754. The molecule has 0 saturated carbocycles. The molecule has 1 atom stereocenters. The summed E-state index contributed by atoms with van der Waals surface area (Å²) in [5, 5.41) is 10.8. The molecule has 2 N–H and O–H groups in total. The van der Waals surface area contributed by atoms with Crippen LogP contribution in [-0.2, 0) is 17.7 Å².